The summed E-state index contributed by atoms with van der Waals surface area (Å²) in [6, 6.07) is 0. The summed E-state index contributed by atoms with van der Waals surface area (Å²) in [5.74, 6) is 0.454. The van der Waals surface area contributed by atoms with Crippen molar-refractivity contribution in [3.63, 3.8) is 0 Å². The zero-order valence-corrected chi connectivity index (χ0v) is 5.42. The van der Waals surface area contributed by atoms with Crippen LogP contribution >= 0.6 is 0 Å². The zero-order valence-electron chi connectivity index (χ0n) is 5.42. The molecule has 52 valence electrons. The van der Waals surface area contributed by atoms with Gasteiger partial charge in [-0.05, 0) is 25.7 Å². The fourth-order valence-electron chi connectivity index (χ4n) is 1.82. The first-order chi connectivity index (χ1) is 4.36. The van der Waals surface area contributed by atoms with Gasteiger partial charge in [-0.3, -0.25) is 0 Å². The van der Waals surface area contributed by atoms with Crippen LogP contribution in [0.3, 0.4) is 0 Å². The zero-order chi connectivity index (χ0) is 6.27. The molecule has 2 heterocycles. The first kappa shape index (κ1) is 5.69. The fourth-order valence-corrected chi connectivity index (χ4v) is 1.82. The molecule has 1 saturated carbocycles. The van der Waals surface area contributed by atoms with E-state index in [-0.39, 0.29) is 0 Å². The Kier molecular flexibility index (Phi) is 1.24. The molecule has 3 aliphatic rings. The predicted octanol–water partition coefficient (Wildman–Crippen LogP) is 0.894. The van der Waals surface area contributed by atoms with Crippen molar-refractivity contribution in [3.05, 3.63) is 0 Å². The molecule has 0 radical (unpaired) electrons. The van der Waals surface area contributed by atoms with E-state index in [9.17, 15) is 5.11 Å². The van der Waals surface area contributed by atoms with Gasteiger partial charge in [0.05, 0.1) is 6.10 Å². The minimum absolute atomic E-state index is 0.380. The Morgan fingerprint density at radius 3 is 2.00 bits per heavy atom. The highest BCUT2D eigenvalue weighted by molar-refractivity contribution is 4.80. The predicted molar refractivity (Wildman–Crippen MR) is 32.8 cm³/mol. The summed E-state index contributed by atoms with van der Waals surface area (Å²) in [7, 11) is 0. The number of rotatable bonds is 0. The van der Waals surface area contributed by atoms with Gasteiger partial charge in [0.2, 0.25) is 0 Å². The Morgan fingerprint density at radius 1 is 1.11 bits per heavy atom. The largest absolute Gasteiger partial charge is 0.368 e. The molecule has 0 aromatic rings. The average Bonchev–Trinajstić information content (AvgIpc) is 1.90. The summed E-state index contributed by atoms with van der Waals surface area (Å²) in [6.07, 6.45) is 4.63. The normalized spacial score (nSPS) is 49.7. The van der Waals surface area contributed by atoms with Crippen molar-refractivity contribution in [2.45, 2.75) is 38.1 Å². The molecule has 2 aliphatic heterocycles. The molecule has 1 aliphatic carbocycles. The molecule has 0 aromatic heterocycles. The van der Waals surface area contributed by atoms with Crippen LogP contribution in [-0.4, -0.2) is 17.5 Å². The molecule has 2 saturated heterocycles. The molecule has 1 unspecified atom stereocenters. The molecular formula is C7H12O2. The highest BCUT2D eigenvalue weighted by Gasteiger charge is 2.34. The van der Waals surface area contributed by atoms with Gasteiger partial charge >= 0.3 is 0 Å². The van der Waals surface area contributed by atoms with E-state index in [1.165, 1.54) is 25.7 Å². The third-order valence-electron chi connectivity index (χ3n) is 2.45. The smallest absolute Gasteiger partial charge is 0.157 e. The number of hydrogen-bond acceptors (Lipinski definition) is 2. The first-order valence-corrected chi connectivity index (χ1v) is 3.70. The Morgan fingerprint density at radius 2 is 1.78 bits per heavy atom. The fraction of sp³-hybridized carbons (Fsp3) is 1.00. The molecule has 0 amide bonds. The summed E-state index contributed by atoms with van der Waals surface area (Å²) in [6.45, 7) is 0. The number of fused-ring (bicyclic) bond motifs is 3. The number of aliphatic hydroxyl groups is 1. The third-order valence-corrected chi connectivity index (χ3v) is 2.45. The van der Waals surface area contributed by atoms with Crippen LogP contribution < -0.4 is 0 Å². The van der Waals surface area contributed by atoms with Crippen LogP contribution in [0.4, 0.5) is 0 Å². The second kappa shape index (κ2) is 1.96. The van der Waals surface area contributed by atoms with E-state index in [1.807, 2.05) is 0 Å². The molecule has 2 nitrogen and oxygen atoms in total. The van der Waals surface area contributed by atoms with Gasteiger partial charge in [0.1, 0.15) is 0 Å². The van der Waals surface area contributed by atoms with Crippen molar-refractivity contribution in [2.75, 3.05) is 0 Å². The molecule has 0 spiro atoms. The van der Waals surface area contributed by atoms with E-state index in [4.69, 9.17) is 4.74 Å². The summed E-state index contributed by atoms with van der Waals surface area (Å²) in [4.78, 5) is 0. The lowest BCUT2D eigenvalue weighted by atomic mass is 9.84. The van der Waals surface area contributed by atoms with E-state index in [1.54, 1.807) is 0 Å². The minimum Gasteiger partial charge on any atom is -0.368 e. The quantitative estimate of drug-likeness (QED) is 0.525. The summed E-state index contributed by atoms with van der Waals surface area (Å²) in [5, 5.41) is 9.18. The van der Waals surface area contributed by atoms with Gasteiger partial charge in [0, 0.05) is 5.92 Å². The number of hydrogen-bond donors (Lipinski definition) is 1. The first-order valence-electron chi connectivity index (χ1n) is 3.70. The molecule has 2 bridgehead atoms. The van der Waals surface area contributed by atoms with Gasteiger partial charge < -0.3 is 9.84 Å². The second-order valence-corrected chi connectivity index (χ2v) is 3.06. The molecule has 3 fully saturated rings. The maximum absolute atomic E-state index is 9.18. The van der Waals surface area contributed by atoms with Crippen molar-refractivity contribution < 1.29 is 9.84 Å². The second-order valence-electron chi connectivity index (χ2n) is 3.06. The standard InChI is InChI=1S/C7H12O2/c8-7-5-1-3-6(9-7)4-2-5/h5-8H,1-4H2. The van der Waals surface area contributed by atoms with Crippen molar-refractivity contribution in [2.24, 2.45) is 5.92 Å². The lowest BCUT2D eigenvalue weighted by molar-refractivity contribution is -0.222. The summed E-state index contributed by atoms with van der Waals surface area (Å²) >= 11 is 0. The van der Waals surface area contributed by atoms with E-state index < -0.39 is 6.29 Å². The maximum atomic E-state index is 9.18. The van der Waals surface area contributed by atoms with Crippen LogP contribution in [0.5, 0.6) is 0 Å². The van der Waals surface area contributed by atoms with Gasteiger partial charge in [-0.25, -0.2) is 0 Å². The highest BCUT2D eigenvalue weighted by Crippen LogP contribution is 2.35. The van der Waals surface area contributed by atoms with Crippen LogP contribution in [0.2, 0.25) is 0 Å². The van der Waals surface area contributed by atoms with E-state index in [2.05, 4.69) is 0 Å². The van der Waals surface area contributed by atoms with Crippen LogP contribution in [-0.2, 0) is 4.74 Å². The Balaban J connectivity index is 2.06. The maximum Gasteiger partial charge on any atom is 0.157 e. The molecule has 1 N–H and O–H groups in total. The molecule has 1 atom stereocenters. The summed E-state index contributed by atoms with van der Waals surface area (Å²) in [5.41, 5.74) is 0. The Labute approximate surface area is 54.8 Å². The van der Waals surface area contributed by atoms with Gasteiger partial charge in [0.25, 0.3) is 0 Å². The number of ether oxygens (including phenoxy) is 1. The van der Waals surface area contributed by atoms with Crippen LogP contribution in [0.25, 0.3) is 0 Å². The molecule has 0 aromatic carbocycles. The van der Waals surface area contributed by atoms with Crippen LogP contribution in [0, 0.1) is 5.92 Å². The lowest BCUT2D eigenvalue weighted by Crippen LogP contribution is -2.40. The van der Waals surface area contributed by atoms with Gasteiger partial charge in [0.15, 0.2) is 6.29 Å². The highest BCUT2D eigenvalue weighted by atomic mass is 16.6. The van der Waals surface area contributed by atoms with Crippen molar-refractivity contribution in [1.29, 1.82) is 0 Å². The molecule has 9 heavy (non-hydrogen) atoms. The molecule has 2 heteroatoms. The SMILES string of the molecule is OC1OC2CCC1CC2. The lowest BCUT2D eigenvalue weighted by Gasteiger charge is -2.39. The van der Waals surface area contributed by atoms with Gasteiger partial charge in [-0.1, -0.05) is 0 Å². The van der Waals surface area contributed by atoms with Crippen LogP contribution in [0.15, 0.2) is 0 Å². The van der Waals surface area contributed by atoms with Gasteiger partial charge in [-0.15, -0.1) is 0 Å². The van der Waals surface area contributed by atoms with Crippen LogP contribution in [0.1, 0.15) is 25.7 Å². The van der Waals surface area contributed by atoms with Crippen molar-refractivity contribution in [3.8, 4) is 0 Å². The molecule has 3 rings (SSSR count). The average molecular weight is 128 g/mol. The van der Waals surface area contributed by atoms with Gasteiger partial charge in [-0.2, -0.15) is 0 Å². The Hall–Kier alpha value is -0.0800. The van der Waals surface area contributed by atoms with E-state index in [0.717, 1.165) is 0 Å². The molecular weight excluding hydrogens is 116 g/mol. The monoisotopic (exact) mass is 128 g/mol. The topological polar surface area (TPSA) is 29.5 Å². The summed E-state index contributed by atoms with van der Waals surface area (Å²) < 4.78 is 5.24. The van der Waals surface area contributed by atoms with Crippen molar-refractivity contribution in [1.82, 2.24) is 0 Å². The Bertz CT molecular complexity index is 105. The third kappa shape index (κ3) is 0.864. The minimum atomic E-state index is -0.433. The number of aliphatic hydroxyl groups excluding tert-OH is 1. The van der Waals surface area contributed by atoms with Crippen molar-refractivity contribution >= 4 is 0 Å². The van der Waals surface area contributed by atoms with E-state index in [0.29, 0.717) is 12.0 Å². The van der Waals surface area contributed by atoms with E-state index >= 15 is 0 Å².